The Morgan fingerprint density at radius 1 is 0.865 bits per heavy atom. The average Bonchev–Trinajstić information content (AvgIpc) is 3.56. The predicted octanol–water partition coefficient (Wildman–Crippen LogP) is 8.06. The van der Waals surface area contributed by atoms with Crippen molar-refractivity contribution in [1.29, 1.82) is 0 Å². The van der Waals surface area contributed by atoms with Gasteiger partial charge in [-0.15, -0.1) is 0 Å². The molecule has 0 spiro atoms. The molecule has 1 heterocycles. The van der Waals surface area contributed by atoms with E-state index in [9.17, 15) is 26.8 Å². The predicted molar refractivity (Wildman–Crippen MR) is 188 cm³/mol. The summed E-state index contributed by atoms with van der Waals surface area (Å²) in [5, 5.41) is 0.211. The summed E-state index contributed by atoms with van der Waals surface area (Å²) in [5.74, 6) is -2.52. The third-order valence-corrected chi connectivity index (χ3v) is 13.8. The van der Waals surface area contributed by atoms with E-state index in [1.165, 1.54) is 29.2 Å². The minimum absolute atomic E-state index is 0.00826. The normalized spacial score (nSPS) is 24.1. The fourth-order valence-corrected chi connectivity index (χ4v) is 10.7. The molecule has 52 heavy (non-hydrogen) atoms. The summed E-state index contributed by atoms with van der Waals surface area (Å²) in [5.41, 5.74) is -0.145. The molecule has 272 valence electrons. The van der Waals surface area contributed by atoms with Crippen LogP contribution in [-0.4, -0.2) is 43.4 Å². The van der Waals surface area contributed by atoms with Crippen molar-refractivity contribution in [3.05, 3.63) is 130 Å². The van der Waals surface area contributed by atoms with Crippen LogP contribution in [0.4, 0.5) is 13.2 Å². The van der Waals surface area contributed by atoms with Crippen LogP contribution in [0.15, 0.2) is 95.9 Å². The van der Waals surface area contributed by atoms with E-state index in [0.717, 1.165) is 17.7 Å². The number of ether oxygens (including phenoxy) is 2. The van der Waals surface area contributed by atoms with Crippen LogP contribution in [0.2, 0.25) is 5.02 Å². The number of hydrogen-bond acceptors (Lipinski definition) is 6. The van der Waals surface area contributed by atoms with Crippen molar-refractivity contribution in [1.82, 2.24) is 4.90 Å². The number of aryl methyl sites for hydroxylation is 1. The zero-order valence-electron chi connectivity index (χ0n) is 28.2. The number of sulfone groups is 1. The Balaban J connectivity index is 1.14. The Morgan fingerprint density at radius 2 is 1.60 bits per heavy atom. The van der Waals surface area contributed by atoms with Gasteiger partial charge in [-0.2, -0.15) is 0 Å². The maximum absolute atomic E-state index is 16.7. The summed E-state index contributed by atoms with van der Waals surface area (Å²) in [6.45, 7) is -0.0645. The van der Waals surface area contributed by atoms with E-state index in [4.69, 9.17) is 21.1 Å². The molecule has 2 atom stereocenters. The lowest BCUT2D eigenvalue weighted by Gasteiger charge is -2.44. The van der Waals surface area contributed by atoms with E-state index in [-0.39, 0.29) is 73.8 Å². The highest BCUT2D eigenvalue weighted by molar-refractivity contribution is 7.92. The molecule has 12 heteroatoms. The van der Waals surface area contributed by atoms with Crippen LogP contribution >= 0.6 is 11.6 Å². The number of benzene rings is 4. The molecule has 3 aliphatic rings. The molecule has 0 unspecified atom stereocenters. The molecule has 1 aliphatic heterocycles. The van der Waals surface area contributed by atoms with Gasteiger partial charge >= 0.3 is 5.97 Å². The minimum Gasteiger partial charge on any atom is -0.489 e. The van der Waals surface area contributed by atoms with Crippen LogP contribution in [0.25, 0.3) is 0 Å². The van der Waals surface area contributed by atoms with Crippen LogP contribution in [0.5, 0.6) is 5.75 Å². The van der Waals surface area contributed by atoms with Gasteiger partial charge in [-0.3, -0.25) is 9.59 Å². The van der Waals surface area contributed by atoms with Gasteiger partial charge in [0, 0.05) is 12.1 Å². The number of carbonyl (C=O) groups is 2. The lowest BCUT2D eigenvalue weighted by atomic mass is 9.77. The van der Waals surface area contributed by atoms with Gasteiger partial charge in [0.2, 0.25) is 0 Å². The fourth-order valence-electron chi connectivity index (χ4n) is 8.12. The number of hydrogen-bond donors (Lipinski definition) is 0. The van der Waals surface area contributed by atoms with Crippen molar-refractivity contribution in [3.63, 3.8) is 0 Å². The molecule has 2 fully saturated rings. The van der Waals surface area contributed by atoms with Crippen molar-refractivity contribution in [3.8, 4) is 5.75 Å². The molecule has 4 aromatic carbocycles. The number of esters is 1. The monoisotopic (exact) mass is 751 g/mol. The van der Waals surface area contributed by atoms with Crippen molar-refractivity contribution in [2.75, 3.05) is 6.54 Å². The van der Waals surface area contributed by atoms with Crippen LogP contribution in [0.3, 0.4) is 0 Å². The maximum atomic E-state index is 16.7. The summed E-state index contributed by atoms with van der Waals surface area (Å²) in [7, 11) is -4.29. The number of fused-ring (bicyclic) bond motifs is 3. The van der Waals surface area contributed by atoms with Crippen molar-refractivity contribution >= 4 is 33.3 Å². The first kappa shape index (κ1) is 36.0. The van der Waals surface area contributed by atoms with Gasteiger partial charge in [0.1, 0.15) is 35.3 Å². The topological polar surface area (TPSA) is 90.0 Å². The highest BCUT2D eigenvalue weighted by atomic mass is 35.5. The molecule has 2 aliphatic carbocycles. The largest absolute Gasteiger partial charge is 0.489 e. The summed E-state index contributed by atoms with van der Waals surface area (Å²) >= 11 is 6.18. The molecular weight excluding hydrogens is 715 g/mol. The van der Waals surface area contributed by atoms with Crippen LogP contribution in [0, 0.1) is 17.6 Å². The van der Waals surface area contributed by atoms with Gasteiger partial charge in [0.05, 0.1) is 21.9 Å². The van der Waals surface area contributed by atoms with Gasteiger partial charge in [-0.05, 0) is 110 Å². The maximum Gasteiger partial charge on any atom is 0.309 e. The van der Waals surface area contributed by atoms with Gasteiger partial charge < -0.3 is 14.4 Å². The molecule has 7 nitrogen and oxygen atoms in total. The highest BCUT2D eigenvalue weighted by Gasteiger charge is 2.62. The second-order valence-electron chi connectivity index (χ2n) is 13.8. The van der Waals surface area contributed by atoms with E-state index in [0.29, 0.717) is 23.3 Å². The fraction of sp³-hybridized carbons (Fsp3) is 0.350. The van der Waals surface area contributed by atoms with E-state index in [2.05, 4.69) is 0 Å². The minimum atomic E-state index is -4.29. The first-order chi connectivity index (χ1) is 24.9. The SMILES string of the molecule is O=C(OCc1ccccc1)C1CCC(F)(C(=O)N2CC[C@@]3(S(=O)(=O)c4ccc(F)cc4)c4ccc(OCc5c(F)cccc5Cl)cc4CC[C@@H]23)CC1. The van der Waals surface area contributed by atoms with Crippen LogP contribution in [-0.2, 0) is 48.5 Å². The molecule has 4 aromatic rings. The first-order valence-corrected chi connectivity index (χ1v) is 19.2. The standard InChI is InChI=1S/C40H37ClF3NO6S/c41-34-7-4-8-35(43)32(34)25-50-30-12-15-33-28(23-30)9-16-36-40(33,52(48,49)31-13-10-29(42)11-14-31)21-22-45(36)38(47)39(44)19-17-27(18-20-39)37(46)51-24-26-5-2-1-3-6-26/h1-8,10-15,23,27,36H,9,16-22,24-25H2/t27?,36-,39?,40-/m1/s1. The van der Waals surface area contributed by atoms with Crippen molar-refractivity contribution in [2.24, 2.45) is 5.92 Å². The summed E-state index contributed by atoms with van der Waals surface area (Å²) < 4.78 is 84.3. The molecule has 0 radical (unpaired) electrons. The number of rotatable bonds is 9. The third kappa shape index (κ3) is 6.46. The van der Waals surface area contributed by atoms with Crippen molar-refractivity contribution in [2.45, 2.75) is 79.5 Å². The molecule has 1 saturated carbocycles. The number of carbonyl (C=O) groups excluding carboxylic acids is 2. The molecule has 7 rings (SSSR count). The molecule has 0 bridgehead atoms. The van der Waals surface area contributed by atoms with E-state index in [1.807, 2.05) is 30.3 Å². The second kappa shape index (κ2) is 14.2. The average molecular weight is 752 g/mol. The van der Waals surface area contributed by atoms with E-state index in [1.54, 1.807) is 24.3 Å². The summed E-state index contributed by atoms with van der Waals surface area (Å²) in [6, 6.07) is 22.2. The number of halogens is 4. The number of likely N-dealkylation sites (tertiary alicyclic amines) is 1. The van der Waals surface area contributed by atoms with Gasteiger partial charge in [-0.25, -0.2) is 21.6 Å². The Morgan fingerprint density at radius 3 is 2.31 bits per heavy atom. The first-order valence-electron chi connectivity index (χ1n) is 17.3. The smallest absolute Gasteiger partial charge is 0.309 e. The van der Waals surface area contributed by atoms with Gasteiger partial charge in [0.15, 0.2) is 15.5 Å². The summed E-state index contributed by atoms with van der Waals surface area (Å²) in [6.07, 6.45) is 0.422. The number of nitrogens with zero attached hydrogens (tertiary/aromatic N) is 1. The van der Waals surface area contributed by atoms with Crippen LogP contribution < -0.4 is 4.74 Å². The zero-order chi connectivity index (χ0) is 36.7. The number of alkyl halides is 1. The summed E-state index contributed by atoms with van der Waals surface area (Å²) in [4.78, 5) is 28.3. The highest BCUT2D eigenvalue weighted by Crippen LogP contribution is 2.54. The Labute approximate surface area is 305 Å². The molecule has 1 saturated heterocycles. The number of amides is 1. The molecule has 1 amide bonds. The quantitative estimate of drug-likeness (QED) is 0.127. The Kier molecular flexibility index (Phi) is 9.86. The van der Waals surface area contributed by atoms with E-state index >= 15 is 4.39 Å². The van der Waals surface area contributed by atoms with Gasteiger partial charge in [-0.1, -0.05) is 54.1 Å². The zero-order valence-corrected chi connectivity index (χ0v) is 29.8. The lowest BCUT2D eigenvalue weighted by Crippen LogP contribution is -2.56. The van der Waals surface area contributed by atoms with E-state index < -0.39 is 55.7 Å². The second-order valence-corrected chi connectivity index (χ2v) is 16.4. The third-order valence-electron chi connectivity index (χ3n) is 10.9. The molecule has 0 N–H and O–H groups in total. The van der Waals surface area contributed by atoms with Gasteiger partial charge in [0.25, 0.3) is 5.91 Å². The van der Waals surface area contributed by atoms with Crippen LogP contribution in [0.1, 0.15) is 60.8 Å². The molecular formula is C40H37ClF3NO6S. The Hall–Kier alpha value is -4.35. The Bertz CT molecular complexity index is 2070. The van der Waals surface area contributed by atoms with Crippen molar-refractivity contribution < 1.29 is 40.7 Å². The lowest BCUT2D eigenvalue weighted by molar-refractivity contribution is -0.157. The molecule has 0 aromatic heterocycles.